The van der Waals surface area contributed by atoms with Crippen LogP contribution in [-0.4, -0.2) is 42.2 Å². The fourth-order valence-corrected chi connectivity index (χ4v) is 3.48. The second kappa shape index (κ2) is 6.82. The van der Waals surface area contributed by atoms with Crippen LogP contribution in [0.4, 0.5) is 0 Å². The molecule has 0 amide bonds. The van der Waals surface area contributed by atoms with Crippen LogP contribution >= 0.6 is 0 Å². The molecule has 0 saturated heterocycles. The molecule has 21 heavy (non-hydrogen) atoms. The molecular formula is C14H19NO5S. The van der Waals surface area contributed by atoms with Crippen molar-refractivity contribution in [3.8, 4) is 0 Å². The SMILES string of the molecule is CCC(=O)c1cccc(S(=O)(=O)N(CC(=O)O)C(C)C)c1. The van der Waals surface area contributed by atoms with E-state index >= 15 is 0 Å². The molecule has 116 valence electrons. The summed E-state index contributed by atoms with van der Waals surface area (Å²) in [4.78, 5) is 22.5. The lowest BCUT2D eigenvalue weighted by Gasteiger charge is -2.24. The number of carboxylic acids is 1. The summed E-state index contributed by atoms with van der Waals surface area (Å²) in [5, 5.41) is 8.86. The summed E-state index contributed by atoms with van der Waals surface area (Å²) >= 11 is 0. The first kappa shape index (κ1) is 17.3. The summed E-state index contributed by atoms with van der Waals surface area (Å²) in [6, 6.07) is 5.17. The highest BCUT2D eigenvalue weighted by molar-refractivity contribution is 7.89. The lowest BCUT2D eigenvalue weighted by atomic mass is 10.1. The first-order valence-corrected chi connectivity index (χ1v) is 8.01. The number of hydrogen-bond acceptors (Lipinski definition) is 4. The number of aliphatic carboxylic acids is 1. The molecule has 0 aromatic heterocycles. The fraction of sp³-hybridized carbons (Fsp3) is 0.429. The standard InChI is InChI=1S/C14H19NO5S/c1-4-13(16)11-6-5-7-12(8-11)21(19,20)15(10(2)3)9-14(17)18/h5-8,10H,4,9H2,1-3H3,(H,17,18). The van der Waals surface area contributed by atoms with Gasteiger partial charge >= 0.3 is 5.97 Å². The highest BCUT2D eigenvalue weighted by atomic mass is 32.2. The van der Waals surface area contributed by atoms with Crippen molar-refractivity contribution in [3.63, 3.8) is 0 Å². The molecule has 0 bridgehead atoms. The van der Waals surface area contributed by atoms with E-state index in [9.17, 15) is 18.0 Å². The lowest BCUT2D eigenvalue weighted by molar-refractivity contribution is -0.137. The predicted molar refractivity (Wildman–Crippen MR) is 77.7 cm³/mol. The normalized spacial score (nSPS) is 11.9. The second-order valence-corrected chi connectivity index (χ2v) is 6.73. The summed E-state index contributed by atoms with van der Waals surface area (Å²) in [6.07, 6.45) is 0.270. The molecule has 0 heterocycles. The lowest BCUT2D eigenvalue weighted by Crippen LogP contribution is -2.40. The third kappa shape index (κ3) is 4.12. The molecule has 0 aliphatic rings. The quantitative estimate of drug-likeness (QED) is 0.774. The molecule has 0 aliphatic carbocycles. The Bertz CT molecular complexity index is 637. The third-order valence-electron chi connectivity index (χ3n) is 2.95. The molecular weight excluding hydrogens is 294 g/mol. The molecule has 0 atom stereocenters. The summed E-state index contributed by atoms with van der Waals surface area (Å²) in [6.45, 7) is 4.27. The average molecular weight is 313 g/mol. The first-order chi connectivity index (χ1) is 9.70. The van der Waals surface area contributed by atoms with Gasteiger partial charge < -0.3 is 5.11 Å². The highest BCUT2D eigenvalue weighted by Gasteiger charge is 2.29. The van der Waals surface area contributed by atoms with Crippen molar-refractivity contribution in [1.82, 2.24) is 4.31 Å². The minimum absolute atomic E-state index is 0.0725. The number of carboxylic acid groups (broad SMARTS) is 1. The molecule has 6 nitrogen and oxygen atoms in total. The molecule has 0 unspecified atom stereocenters. The van der Waals surface area contributed by atoms with Crippen LogP contribution in [-0.2, 0) is 14.8 Å². The molecule has 1 aromatic rings. The molecule has 0 aliphatic heterocycles. The van der Waals surface area contributed by atoms with Gasteiger partial charge in [-0.3, -0.25) is 9.59 Å². The first-order valence-electron chi connectivity index (χ1n) is 6.57. The smallest absolute Gasteiger partial charge is 0.318 e. The van der Waals surface area contributed by atoms with Crippen LogP contribution in [0.1, 0.15) is 37.6 Å². The predicted octanol–water partition coefficient (Wildman–Crippen LogP) is 1.76. The second-order valence-electron chi connectivity index (χ2n) is 4.84. The van der Waals surface area contributed by atoms with Crippen molar-refractivity contribution in [2.45, 2.75) is 38.1 Å². The number of carbonyl (C=O) groups is 2. The van der Waals surface area contributed by atoms with E-state index in [2.05, 4.69) is 0 Å². The van der Waals surface area contributed by atoms with Crippen molar-refractivity contribution in [2.24, 2.45) is 0 Å². The Morgan fingerprint density at radius 3 is 2.38 bits per heavy atom. The van der Waals surface area contributed by atoms with Gasteiger partial charge in [0.05, 0.1) is 4.90 Å². The Hall–Kier alpha value is -1.73. The number of sulfonamides is 1. The number of benzene rings is 1. The van der Waals surface area contributed by atoms with Gasteiger partial charge in [-0.25, -0.2) is 8.42 Å². The molecule has 1 aromatic carbocycles. The highest BCUT2D eigenvalue weighted by Crippen LogP contribution is 2.20. The van der Waals surface area contributed by atoms with Gasteiger partial charge in [-0.15, -0.1) is 0 Å². The zero-order chi connectivity index (χ0) is 16.2. The Kier molecular flexibility index (Phi) is 5.62. The van der Waals surface area contributed by atoms with Crippen LogP contribution < -0.4 is 0 Å². The van der Waals surface area contributed by atoms with Crippen molar-refractivity contribution < 1.29 is 23.1 Å². The van der Waals surface area contributed by atoms with Gasteiger partial charge in [0.15, 0.2) is 5.78 Å². The largest absolute Gasteiger partial charge is 0.480 e. The van der Waals surface area contributed by atoms with Gasteiger partial charge in [-0.2, -0.15) is 4.31 Å². The van der Waals surface area contributed by atoms with Gasteiger partial charge in [0.25, 0.3) is 0 Å². The number of hydrogen-bond donors (Lipinski definition) is 1. The molecule has 0 saturated carbocycles. The average Bonchev–Trinajstić information content (AvgIpc) is 2.43. The summed E-state index contributed by atoms with van der Waals surface area (Å²) in [5.74, 6) is -1.39. The van der Waals surface area contributed by atoms with E-state index in [1.165, 1.54) is 18.2 Å². The Balaban J connectivity index is 3.28. The van der Waals surface area contributed by atoms with Crippen LogP contribution in [0, 0.1) is 0 Å². The fourth-order valence-electron chi connectivity index (χ4n) is 1.85. The Labute approximate surface area is 124 Å². The van der Waals surface area contributed by atoms with Gasteiger partial charge in [0, 0.05) is 18.0 Å². The van der Waals surface area contributed by atoms with Crippen LogP contribution in [0.2, 0.25) is 0 Å². The van der Waals surface area contributed by atoms with Gasteiger partial charge in [-0.1, -0.05) is 19.1 Å². The van der Waals surface area contributed by atoms with Crippen LogP contribution in [0.3, 0.4) is 0 Å². The minimum Gasteiger partial charge on any atom is -0.480 e. The molecule has 1 N–H and O–H groups in total. The third-order valence-corrected chi connectivity index (χ3v) is 4.97. The van der Waals surface area contributed by atoms with E-state index in [1.54, 1.807) is 26.8 Å². The van der Waals surface area contributed by atoms with Crippen LogP contribution in [0.15, 0.2) is 29.2 Å². The van der Waals surface area contributed by atoms with E-state index in [0.29, 0.717) is 5.56 Å². The number of ketones is 1. The van der Waals surface area contributed by atoms with E-state index in [0.717, 1.165) is 4.31 Å². The van der Waals surface area contributed by atoms with E-state index in [-0.39, 0.29) is 17.1 Å². The maximum atomic E-state index is 12.5. The van der Waals surface area contributed by atoms with Gasteiger partial charge in [0.2, 0.25) is 10.0 Å². The van der Waals surface area contributed by atoms with Crippen LogP contribution in [0.5, 0.6) is 0 Å². The molecule has 0 spiro atoms. The van der Waals surface area contributed by atoms with Crippen LogP contribution in [0.25, 0.3) is 0 Å². The molecule has 7 heteroatoms. The zero-order valence-corrected chi connectivity index (χ0v) is 13.1. The summed E-state index contributed by atoms with van der Waals surface area (Å²) in [5.41, 5.74) is 0.303. The maximum Gasteiger partial charge on any atom is 0.318 e. The monoisotopic (exact) mass is 313 g/mol. The van der Waals surface area contributed by atoms with Gasteiger partial charge in [-0.05, 0) is 26.0 Å². The topological polar surface area (TPSA) is 91.8 Å². The number of Topliss-reactive ketones (excluding diaryl/α,β-unsaturated/α-hetero) is 1. The Morgan fingerprint density at radius 1 is 1.29 bits per heavy atom. The number of nitrogens with zero attached hydrogens (tertiary/aromatic N) is 1. The Morgan fingerprint density at radius 2 is 1.90 bits per heavy atom. The molecule has 0 fully saturated rings. The van der Waals surface area contributed by atoms with Crippen molar-refractivity contribution in [3.05, 3.63) is 29.8 Å². The zero-order valence-electron chi connectivity index (χ0n) is 12.2. The molecule has 0 radical (unpaired) electrons. The van der Waals surface area contributed by atoms with Crippen molar-refractivity contribution >= 4 is 21.8 Å². The van der Waals surface area contributed by atoms with E-state index in [1.807, 2.05) is 0 Å². The molecule has 1 rings (SSSR count). The van der Waals surface area contributed by atoms with Crippen molar-refractivity contribution in [2.75, 3.05) is 6.54 Å². The number of rotatable bonds is 7. The maximum absolute atomic E-state index is 12.5. The number of carbonyl (C=O) groups excluding carboxylic acids is 1. The van der Waals surface area contributed by atoms with Gasteiger partial charge in [0.1, 0.15) is 6.54 Å². The van der Waals surface area contributed by atoms with E-state index in [4.69, 9.17) is 5.11 Å². The summed E-state index contributed by atoms with van der Waals surface area (Å²) < 4.78 is 25.9. The van der Waals surface area contributed by atoms with Crippen molar-refractivity contribution in [1.29, 1.82) is 0 Å². The minimum atomic E-state index is -3.96. The van der Waals surface area contributed by atoms with E-state index < -0.39 is 28.6 Å². The summed E-state index contributed by atoms with van der Waals surface area (Å²) in [7, 11) is -3.96.